The van der Waals surface area contributed by atoms with Crippen molar-refractivity contribution in [3.05, 3.63) is 47.2 Å². The fourth-order valence-corrected chi connectivity index (χ4v) is 2.94. The number of esters is 2. The third-order valence-corrected chi connectivity index (χ3v) is 4.37. The first kappa shape index (κ1) is 20.5. The molecule has 0 saturated carbocycles. The Kier molecular flexibility index (Phi) is 7.40. The van der Waals surface area contributed by atoms with Crippen LogP contribution < -0.4 is 10.6 Å². The summed E-state index contributed by atoms with van der Waals surface area (Å²) in [6.45, 7) is 5.53. The molecule has 0 bridgehead atoms. The highest BCUT2D eigenvalue weighted by atomic mass is 16.5. The quantitative estimate of drug-likeness (QED) is 0.682. The van der Waals surface area contributed by atoms with Gasteiger partial charge >= 0.3 is 18.0 Å². The Morgan fingerprint density at radius 2 is 1.85 bits per heavy atom. The van der Waals surface area contributed by atoms with Gasteiger partial charge in [0.25, 0.3) is 0 Å². The molecule has 0 unspecified atom stereocenters. The van der Waals surface area contributed by atoms with Crippen molar-refractivity contribution in [2.45, 2.75) is 45.6 Å². The van der Waals surface area contributed by atoms with Crippen molar-refractivity contribution in [1.82, 2.24) is 10.6 Å². The summed E-state index contributed by atoms with van der Waals surface area (Å²) in [5.74, 6) is -0.924. The van der Waals surface area contributed by atoms with Crippen LogP contribution in [0.5, 0.6) is 0 Å². The number of nitrogens with one attached hydrogen (secondary N) is 2. The second kappa shape index (κ2) is 9.75. The van der Waals surface area contributed by atoms with E-state index in [1.807, 2.05) is 44.2 Å². The van der Waals surface area contributed by atoms with E-state index in [9.17, 15) is 14.4 Å². The lowest BCUT2D eigenvalue weighted by molar-refractivity contribution is -0.144. The number of hydrogen-bond donors (Lipinski definition) is 2. The largest absolute Gasteiger partial charge is 0.463 e. The Labute approximate surface area is 159 Å². The van der Waals surface area contributed by atoms with Crippen molar-refractivity contribution in [3.8, 4) is 0 Å². The smallest absolute Gasteiger partial charge is 0.338 e. The van der Waals surface area contributed by atoms with Gasteiger partial charge in [0.1, 0.15) is 6.61 Å². The van der Waals surface area contributed by atoms with Crippen LogP contribution in [0.2, 0.25) is 0 Å². The lowest BCUT2D eigenvalue weighted by Gasteiger charge is -2.28. The Bertz CT molecular complexity index is 714. The molecule has 1 aliphatic rings. The number of benzene rings is 1. The topological polar surface area (TPSA) is 93.7 Å². The van der Waals surface area contributed by atoms with Crippen molar-refractivity contribution < 1.29 is 23.9 Å². The van der Waals surface area contributed by atoms with Crippen LogP contribution >= 0.6 is 0 Å². The van der Waals surface area contributed by atoms with Gasteiger partial charge in [0.15, 0.2) is 0 Å². The molecule has 1 heterocycles. The molecule has 0 spiro atoms. The normalized spacial score (nSPS) is 17.6. The van der Waals surface area contributed by atoms with Crippen molar-refractivity contribution in [3.63, 3.8) is 0 Å². The van der Waals surface area contributed by atoms with Gasteiger partial charge < -0.3 is 20.1 Å². The minimum Gasteiger partial charge on any atom is -0.463 e. The minimum absolute atomic E-state index is 0.00297. The number of carbonyl (C=O) groups excluding carboxylic acids is 3. The molecule has 1 aromatic rings. The molecule has 0 radical (unpaired) electrons. The zero-order valence-electron chi connectivity index (χ0n) is 15.9. The Balaban J connectivity index is 2.06. The zero-order chi connectivity index (χ0) is 19.8. The molecule has 7 heteroatoms. The molecule has 2 rings (SSSR count). The molecule has 1 aliphatic heterocycles. The van der Waals surface area contributed by atoms with Crippen molar-refractivity contribution in [1.29, 1.82) is 0 Å². The van der Waals surface area contributed by atoms with Crippen LogP contribution in [0.1, 0.15) is 45.1 Å². The highest BCUT2D eigenvalue weighted by Gasteiger charge is 2.32. The second-order valence-corrected chi connectivity index (χ2v) is 6.35. The van der Waals surface area contributed by atoms with Gasteiger partial charge in [-0.25, -0.2) is 9.59 Å². The van der Waals surface area contributed by atoms with E-state index in [0.717, 1.165) is 5.56 Å². The summed E-state index contributed by atoms with van der Waals surface area (Å²) >= 11 is 0. The summed E-state index contributed by atoms with van der Waals surface area (Å²) < 4.78 is 10.4. The fourth-order valence-electron chi connectivity index (χ4n) is 2.94. The lowest BCUT2D eigenvalue weighted by atomic mass is 9.98. The molecule has 1 aromatic carbocycles. The standard InChI is InChI=1S/C20H26N2O5/c1-4-15-18(19(24)26-5-2)16(22-20(25)21-15)12-27-17(23)11-13(3)14-9-7-6-8-10-14/h6-10,13,15H,4-5,11-12H2,1-3H3,(H2,21,22,25)/t13-,15+/m1/s1. The fraction of sp³-hybridized carbons (Fsp3) is 0.450. The summed E-state index contributed by atoms with van der Waals surface area (Å²) in [6.07, 6.45) is 0.722. The first-order valence-electron chi connectivity index (χ1n) is 9.14. The van der Waals surface area contributed by atoms with E-state index in [1.54, 1.807) is 6.92 Å². The zero-order valence-corrected chi connectivity index (χ0v) is 15.9. The van der Waals surface area contributed by atoms with Crippen LogP contribution in [-0.4, -0.2) is 37.2 Å². The number of hydrogen-bond acceptors (Lipinski definition) is 5. The molecule has 27 heavy (non-hydrogen) atoms. The number of urea groups is 1. The van der Waals surface area contributed by atoms with Gasteiger partial charge in [0.05, 0.1) is 30.3 Å². The van der Waals surface area contributed by atoms with E-state index in [2.05, 4.69) is 10.6 Å². The Morgan fingerprint density at radius 1 is 1.15 bits per heavy atom. The monoisotopic (exact) mass is 374 g/mol. The van der Waals surface area contributed by atoms with Crippen LogP contribution in [0.3, 0.4) is 0 Å². The first-order chi connectivity index (χ1) is 13.0. The van der Waals surface area contributed by atoms with E-state index < -0.39 is 24.0 Å². The maximum absolute atomic E-state index is 12.3. The predicted octanol–water partition coefficient (Wildman–Crippen LogP) is 2.63. The third-order valence-electron chi connectivity index (χ3n) is 4.37. The van der Waals surface area contributed by atoms with Gasteiger partial charge in [-0.2, -0.15) is 0 Å². The van der Waals surface area contributed by atoms with Crippen LogP contribution in [0.25, 0.3) is 0 Å². The summed E-state index contributed by atoms with van der Waals surface area (Å²) in [7, 11) is 0. The summed E-state index contributed by atoms with van der Waals surface area (Å²) in [6, 6.07) is 8.76. The van der Waals surface area contributed by atoms with Gasteiger partial charge in [0.2, 0.25) is 0 Å². The van der Waals surface area contributed by atoms with E-state index >= 15 is 0 Å². The van der Waals surface area contributed by atoms with Gasteiger partial charge in [-0.1, -0.05) is 44.2 Å². The number of carbonyl (C=O) groups is 3. The molecule has 0 aliphatic carbocycles. The molecular weight excluding hydrogens is 348 g/mol. The van der Waals surface area contributed by atoms with Gasteiger partial charge in [-0.15, -0.1) is 0 Å². The van der Waals surface area contributed by atoms with Gasteiger partial charge in [-0.05, 0) is 24.8 Å². The van der Waals surface area contributed by atoms with Crippen LogP contribution in [0.15, 0.2) is 41.6 Å². The molecule has 146 valence electrons. The summed E-state index contributed by atoms with van der Waals surface area (Å²) in [5.41, 5.74) is 1.61. The highest BCUT2D eigenvalue weighted by molar-refractivity contribution is 5.94. The van der Waals surface area contributed by atoms with E-state index in [4.69, 9.17) is 9.47 Å². The third kappa shape index (κ3) is 5.57. The molecule has 0 saturated heterocycles. The minimum atomic E-state index is -0.527. The molecule has 0 aromatic heterocycles. The van der Waals surface area contributed by atoms with E-state index in [-0.39, 0.29) is 31.2 Å². The SMILES string of the molecule is CCOC(=O)C1=C(COC(=O)C[C@@H](C)c2ccccc2)NC(=O)N[C@H]1CC. The van der Waals surface area contributed by atoms with Gasteiger partial charge in [0, 0.05) is 0 Å². The molecule has 2 N–H and O–H groups in total. The maximum atomic E-state index is 12.3. The van der Waals surface area contributed by atoms with Gasteiger partial charge in [-0.3, -0.25) is 4.79 Å². The number of rotatable bonds is 8. The first-order valence-corrected chi connectivity index (χ1v) is 9.14. The highest BCUT2D eigenvalue weighted by Crippen LogP contribution is 2.20. The molecule has 7 nitrogen and oxygen atoms in total. The second-order valence-electron chi connectivity index (χ2n) is 6.35. The number of ether oxygens (including phenoxy) is 2. The van der Waals surface area contributed by atoms with Crippen molar-refractivity contribution >= 4 is 18.0 Å². The average Bonchev–Trinajstić information content (AvgIpc) is 2.66. The maximum Gasteiger partial charge on any atom is 0.338 e. The molecule has 2 amide bonds. The van der Waals surface area contributed by atoms with Crippen LogP contribution in [0, 0.1) is 0 Å². The van der Waals surface area contributed by atoms with Crippen LogP contribution in [0.4, 0.5) is 4.79 Å². The molecule has 2 atom stereocenters. The summed E-state index contributed by atoms with van der Waals surface area (Å²) in [4.78, 5) is 36.3. The van der Waals surface area contributed by atoms with Crippen molar-refractivity contribution in [2.24, 2.45) is 0 Å². The molecule has 0 fully saturated rings. The van der Waals surface area contributed by atoms with Crippen molar-refractivity contribution in [2.75, 3.05) is 13.2 Å². The van der Waals surface area contributed by atoms with E-state index in [1.165, 1.54) is 0 Å². The summed E-state index contributed by atoms with van der Waals surface area (Å²) in [5, 5.41) is 5.24. The van der Waals surface area contributed by atoms with E-state index in [0.29, 0.717) is 12.0 Å². The predicted molar refractivity (Wildman–Crippen MR) is 99.8 cm³/mol. The number of amides is 2. The Hall–Kier alpha value is -2.83. The molecular formula is C20H26N2O5. The van der Waals surface area contributed by atoms with Crippen LogP contribution in [-0.2, 0) is 19.1 Å². The average molecular weight is 374 g/mol. The Morgan fingerprint density at radius 3 is 2.48 bits per heavy atom. The lowest BCUT2D eigenvalue weighted by Crippen LogP contribution is -2.51.